The molecule has 0 radical (unpaired) electrons. The average molecular weight is 311 g/mol. The molecule has 0 aliphatic heterocycles. The molecule has 1 aromatic carbocycles. The second-order valence-electron chi connectivity index (χ2n) is 4.53. The van der Waals surface area contributed by atoms with E-state index in [0.717, 1.165) is 22.8 Å². The third-order valence-corrected chi connectivity index (χ3v) is 4.87. The standard InChI is InChI=1S/C13H17N3O2S2/c1-9-13(19-10(2)16-9)8-15-7-11-3-5-12(6-4-11)20(14,17)18/h3-6,15H,7-8H2,1-2H3,(H2,14,17,18). The van der Waals surface area contributed by atoms with Crippen LogP contribution < -0.4 is 10.5 Å². The van der Waals surface area contributed by atoms with Crippen molar-refractivity contribution in [2.45, 2.75) is 31.8 Å². The largest absolute Gasteiger partial charge is 0.308 e. The van der Waals surface area contributed by atoms with Crippen LogP contribution in [-0.2, 0) is 23.1 Å². The minimum absolute atomic E-state index is 0.134. The predicted molar refractivity (Wildman–Crippen MR) is 79.9 cm³/mol. The summed E-state index contributed by atoms with van der Waals surface area (Å²) in [5.41, 5.74) is 2.07. The normalized spacial score (nSPS) is 11.8. The maximum atomic E-state index is 11.1. The van der Waals surface area contributed by atoms with Gasteiger partial charge in [0.15, 0.2) is 0 Å². The highest BCUT2D eigenvalue weighted by Crippen LogP contribution is 2.16. The minimum atomic E-state index is -3.61. The Morgan fingerprint density at radius 3 is 2.35 bits per heavy atom. The number of nitrogens with one attached hydrogen (secondary N) is 1. The van der Waals surface area contributed by atoms with Gasteiger partial charge in [-0.15, -0.1) is 11.3 Å². The molecule has 1 aromatic heterocycles. The summed E-state index contributed by atoms with van der Waals surface area (Å²) in [6.07, 6.45) is 0. The molecule has 2 aromatic rings. The lowest BCUT2D eigenvalue weighted by Gasteiger charge is -2.05. The van der Waals surface area contributed by atoms with Gasteiger partial charge in [-0.3, -0.25) is 0 Å². The molecule has 0 aliphatic rings. The molecule has 0 saturated carbocycles. The molecule has 108 valence electrons. The first-order valence-electron chi connectivity index (χ1n) is 6.11. The first-order chi connectivity index (χ1) is 9.36. The van der Waals surface area contributed by atoms with Gasteiger partial charge in [0.2, 0.25) is 10.0 Å². The van der Waals surface area contributed by atoms with Gasteiger partial charge < -0.3 is 5.32 Å². The Kier molecular flexibility index (Phi) is 4.54. The lowest BCUT2D eigenvalue weighted by Crippen LogP contribution is -2.14. The number of nitrogens with two attached hydrogens (primary N) is 1. The van der Waals surface area contributed by atoms with Crippen molar-refractivity contribution in [3.63, 3.8) is 0 Å². The van der Waals surface area contributed by atoms with Gasteiger partial charge in [0.05, 0.1) is 15.6 Å². The summed E-state index contributed by atoms with van der Waals surface area (Å²) >= 11 is 1.69. The highest BCUT2D eigenvalue weighted by atomic mass is 32.2. The number of benzene rings is 1. The SMILES string of the molecule is Cc1nc(C)c(CNCc2ccc(S(N)(=O)=O)cc2)s1. The smallest absolute Gasteiger partial charge is 0.238 e. The van der Waals surface area contributed by atoms with E-state index in [1.807, 2.05) is 13.8 Å². The second kappa shape index (κ2) is 6.01. The molecule has 0 saturated heterocycles. The molecule has 0 atom stereocenters. The maximum absolute atomic E-state index is 11.1. The van der Waals surface area contributed by atoms with Gasteiger partial charge >= 0.3 is 0 Å². The van der Waals surface area contributed by atoms with Crippen molar-refractivity contribution >= 4 is 21.4 Å². The monoisotopic (exact) mass is 311 g/mol. The highest BCUT2D eigenvalue weighted by Gasteiger charge is 2.07. The summed E-state index contributed by atoms with van der Waals surface area (Å²) < 4.78 is 22.3. The van der Waals surface area contributed by atoms with Crippen LogP contribution in [0, 0.1) is 13.8 Å². The topological polar surface area (TPSA) is 85.1 Å². The highest BCUT2D eigenvalue weighted by molar-refractivity contribution is 7.89. The van der Waals surface area contributed by atoms with Crippen molar-refractivity contribution in [3.8, 4) is 0 Å². The summed E-state index contributed by atoms with van der Waals surface area (Å²) in [4.78, 5) is 5.73. The summed E-state index contributed by atoms with van der Waals surface area (Å²) in [7, 11) is -3.61. The zero-order valence-corrected chi connectivity index (χ0v) is 13.0. The van der Waals surface area contributed by atoms with Gasteiger partial charge in [0.1, 0.15) is 0 Å². The maximum Gasteiger partial charge on any atom is 0.238 e. The minimum Gasteiger partial charge on any atom is -0.308 e. The number of hydrogen-bond donors (Lipinski definition) is 2. The Hall–Kier alpha value is -1.28. The molecular weight excluding hydrogens is 294 g/mol. The number of hydrogen-bond acceptors (Lipinski definition) is 5. The van der Waals surface area contributed by atoms with Crippen LogP contribution in [-0.4, -0.2) is 13.4 Å². The number of thiazole rings is 1. The Morgan fingerprint density at radius 2 is 1.85 bits per heavy atom. The lowest BCUT2D eigenvalue weighted by molar-refractivity contribution is 0.597. The third kappa shape index (κ3) is 3.86. The molecule has 0 spiro atoms. The fraction of sp³-hybridized carbons (Fsp3) is 0.308. The van der Waals surface area contributed by atoms with Crippen molar-refractivity contribution in [2.75, 3.05) is 0 Å². The van der Waals surface area contributed by atoms with Gasteiger partial charge in [-0.05, 0) is 31.5 Å². The Labute approximate surface area is 122 Å². The van der Waals surface area contributed by atoms with Gasteiger partial charge in [-0.25, -0.2) is 18.5 Å². The number of aromatic nitrogens is 1. The summed E-state index contributed by atoms with van der Waals surface area (Å²) in [5, 5.41) is 9.44. The Morgan fingerprint density at radius 1 is 1.20 bits per heavy atom. The molecule has 2 rings (SSSR count). The quantitative estimate of drug-likeness (QED) is 0.880. The molecule has 5 nitrogen and oxygen atoms in total. The first kappa shape index (κ1) is 15.1. The summed E-state index contributed by atoms with van der Waals surface area (Å²) in [6.45, 7) is 5.42. The summed E-state index contributed by atoms with van der Waals surface area (Å²) in [6, 6.07) is 6.57. The first-order valence-corrected chi connectivity index (χ1v) is 8.48. The number of sulfonamides is 1. The van der Waals surface area contributed by atoms with Crippen LogP contribution in [0.4, 0.5) is 0 Å². The van der Waals surface area contributed by atoms with Crippen molar-refractivity contribution in [2.24, 2.45) is 5.14 Å². The van der Waals surface area contributed by atoms with Crippen LogP contribution in [0.5, 0.6) is 0 Å². The Balaban J connectivity index is 1.93. The average Bonchev–Trinajstić information content (AvgIpc) is 2.67. The predicted octanol–water partition coefficient (Wildman–Crippen LogP) is 1.70. The third-order valence-electron chi connectivity index (χ3n) is 2.87. The van der Waals surface area contributed by atoms with E-state index in [4.69, 9.17) is 5.14 Å². The van der Waals surface area contributed by atoms with Crippen LogP contribution in [0.15, 0.2) is 29.2 Å². The summed E-state index contributed by atoms with van der Waals surface area (Å²) in [5.74, 6) is 0. The van der Waals surface area contributed by atoms with Crippen molar-refractivity contribution in [1.82, 2.24) is 10.3 Å². The zero-order chi connectivity index (χ0) is 14.8. The van der Waals surface area contributed by atoms with E-state index in [1.165, 1.54) is 17.0 Å². The van der Waals surface area contributed by atoms with Gasteiger partial charge in [-0.2, -0.15) is 0 Å². The lowest BCUT2D eigenvalue weighted by atomic mass is 10.2. The van der Waals surface area contributed by atoms with Crippen LogP contribution in [0.2, 0.25) is 0 Å². The second-order valence-corrected chi connectivity index (χ2v) is 7.38. The number of aryl methyl sites for hydroxylation is 2. The number of rotatable bonds is 5. The van der Waals surface area contributed by atoms with Crippen LogP contribution >= 0.6 is 11.3 Å². The number of primary sulfonamides is 1. The van der Waals surface area contributed by atoms with E-state index >= 15 is 0 Å². The van der Waals surface area contributed by atoms with E-state index in [1.54, 1.807) is 23.5 Å². The van der Waals surface area contributed by atoms with Crippen LogP contribution in [0.25, 0.3) is 0 Å². The molecule has 1 heterocycles. The van der Waals surface area contributed by atoms with Gasteiger partial charge in [-0.1, -0.05) is 12.1 Å². The molecule has 20 heavy (non-hydrogen) atoms. The van der Waals surface area contributed by atoms with E-state index in [9.17, 15) is 8.42 Å². The molecule has 7 heteroatoms. The van der Waals surface area contributed by atoms with Crippen molar-refractivity contribution in [3.05, 3.63) is 45.4 Å². The van der Waals surface area contributed by atoms with E-state index in [2.05, 4.69) is 10.3 Å². The van der Waals surface area contributed by atoms with Crippen LogP contribution in [0.3, 0.4) is 0 Å². The molecular formula is C13H17N3O2S2. The van der Waals surface area contributed by atoms with Gasteiger partial charge in [0.25, 0.3) is 0 Å². The molecule has 0 bridgehead atoms. The fourth-order valence-corrected chi connectivity index (χ4v) is 3.28. The van der Waals surface area contributed by atoms with Crippen molar-refractivity contribution < 1.29 is 8.42 Å². The molecule has 3 N–H and O–H groups in total. The fourth-order valence-electron chi connectivity index (χ4n) is 1.85. The van der Waals surface area contributed by atoms with Gasteiger partial charge in [0, 0.05) is 18.0 Å². The van der Waals surface area contributed by atoms with Crippen molar-refractivity contribution in [1.29, 1.82) is 0 Å². The Bertz CT molecular complexity index is 691. The number of nitrogens with zero attached hydrogens (tertiary/aromatic N) is 1. The van der Waals surface area contributed by atoms with E-state index < -0.39 is 10.0 Å². The van der Waals surface area contributed by atoms with E-state index in [0.29, 0.717) is 6.54 Å². The van der Waals surface area contributed by atoms with Crippen LogP contribution in [0.1, 0.15) is 21.1 Å². The van der Waals surface area contributed by atoms with E-state index in [-0.39, 0.29) is 4.90 Å². The molecule has 0 unspecified atom stereocenters. The zero-order valence-electron chi connectivity index (χ0n) is 11.4. The molecule has 0 fully saturated rings. The molecule has 0 aliphatic carbocycles. The molecule has 0 amide bonds.